The first-order chi connectivity index (χ1) is 16.1. The second kappa shape index (κ2) is 8.23. The van der Waals surface area contributed by atoms with Crippen LogP contribution in [0.3, 0.4) is 0 Å². The average Bonchev–Trinajstić information content (AvgIpc) is 3.43. The van der Waals surface area contributed by atoms with Crippen molar-refractivity contribution in [1.29, 1.82) is 0 Å². The molecule has 0 fully saturated rings. The molecule has 1 aliphatic carbocycles. The molecule has 6 rings (SSSR count). The molecule has 1 aliphatic rings. The van der Waals surface area contributed by atoms with Gasteiger partial charge in [0.2, 0.25) is 0 Å². The van der Waals surface area contributed by atoms with Crippen molar-refractivity contribution in [3.8, 4) is 11.3 Å². The van der Waals surface area contributed by atoms with Gasteiger partial charge in [-0.3, -0.25) is 18.6 Å². The molecule has 0 N–H and O–H groups in total. The predicted molar refractivity (Wildman–Crippen MR) is 136 cm³/mol. The monoisotopic (exact) mass is 492 g/mol. The number of hydrogen-bond donors (Lipinski definition) is 0. The molecule has 0 aliphatic heterocycles. The Bertz CT molecular complexity index is 1630. The summed E-state index contributed by atoms with van der Waals surface area (Å²) in [5, 5.41) is 3.42. The zero-order valence-electron chi connectivity index (χ0n) is 17.9. The Kier molecular flexibility index (Phi) is 5.20. The van der Waals surface area contributed by atoms with Crippen LogP contribution in [0.1, 0.15) is 29.0 Å². The number of thiazole rings is 1. The maximum atomic E-state index is 13.1. The molecule has 4 aromatic heterocycles. The number of hydrogen-bond acceptors (Lipinski definition) is 7. The maximum absolute atomic E-state index is 13.1. The fraction of sp³-hybridized carbons (Fsp3) is 0.250. The minimum Gasteiger partial charge on any atom is -0.290 e. The first-order valence-corrected chi connectivity index (χ1v) is 13.5. The fourth-order valence-corrected chi connectivity index (χ4v) is 7.47. The molecule has 0 unspecified atom stereocenters. The van der Waals surface area contributed by atoms with Crippen LogP contribution >= 0.6 is 34.4 Å². The van der Waals surface area contributed by atoms with Gasteiger partial charge in [0.05, 0.1) is 16.8 Å². The van der Waals surface area contributed by atoms with E-state index in [1.54, 1.807) is 33.4 Å². The molecule has 4 heterocycles. The van der Waals surface area contributed by atoms with E-state index in [4.69, 9.17) is 9.97 Å². The molecule has 0 spiro atoms. The molecule has 33 heavy (non-hydrogen) atoms. The van der Waals surface area contributed by atoms with Crippen LogP contribution in [-0.4, -0.2) is 18.9 Å². The van der Waals surface area contributed by atoms with E-state index in [9.17, 15) is 9.59 Å². The van der Waals surface area contributed by atoms with Gasteiger partial charge >= 0.3 is 0 Å². The van der Waals surface area contributed by atoms with Crippen molar-refractivity contribution in [2.75, 3.05) is 0 Å². The Morgan fingerprint density at radius 1 is 1.09 bits per heavy atom. The van der Waals surface area contributed by atoms with Gasteiger partial charge in [0, 0.05) is 29.1 Å². The Morgan fingerprint density at radius 3 is 2.76 bits per heavy atom. The molecule has 5 aromatic rings. The van der Waals surface area contributed by atoms with Crippen LogP contribution in [0, 0.1) is 0 Å². The zero-order chi connectivity index (χ0) is 22.5. The lowest BCUT2D eigenvalue weighted by atomic mass is 9.97. The van der Waals surface area contributed by atoms with Crippen molar-refractivity contribution >= 4 is 49.6 Å². The minimum absolute atomic E-state index is 0.0242. The van der Waals surface area contributed by atoms with Crippen LogP contribution in [0.25, 0.3) is 26.4 Å². The van der Waals surface area contributed by atoms with Crippen LogP contribution in [0.5, 0.6) is 0 Å². The van der Waals surface area contributed by atoms with Crippen molar-refractivity contribution in [3.05, 3.63) is 78.6 Å². The van der Waals surface area contributed by atoms with Gasteiger partial charge in [0.15, 0.2) is 10.1 Å². The highest BCUT2D eigenvalue weighted by molar-refractivity contribution is 7.98. The standard InChI is InChI=1S/C24H20N4O2S3/c1-27-22(30)20-16-9-5-6-10-18(16)33-21(20)26-23(27)31-12-15-11-19(29)28-17(13-32-24(28)25-15)14-7-3-2-4-8-14/h2-4,7-8,11,13H,5-6,9-10,12H2,1H3. The van der Waals surface area contributed by atoms with Crippen molar-refractivity contribution in [3.63, 3.8) is 0 Å². The van der Waals surface area contributed by atoms with E-state index in [1.807, 2.05) is 35.7 Å². The Balaban J connectivity index is 1.33. The van der Waals surface area contributed by atoms with Crippen LogP contribution in [-0.2, 0) is 25.6 Å². The van der Waals surface area contributed by atoms with Crippen molar-refractivity contribution < 1.29 is 0 Å². The predicted octanol–water partition coefficient (Wildman–Crippen LogP) is 4.90. The van der Waals surface area contributed by atoms with E-state index in [0.717, 1.165) is 40.7 Å². The summed E-state index contributed by atoms with van der Waals surface area (Å²) in [5.41, 5.74) is 3.66. The first-order valence-electron chi connectivity index (χ1n) is 10.8. The third-order valence-electron chi connectivity index (χ3n) is 6.03. The van der Waals surface area contributed by atoms with Gasteiger partial charge in [-0.25, -0.2) is 9.97 Å². The number of aryl methyl sites for hydroxylation is 2. The minimum atomic E-state index is -0.0982. The topological polar surface area (TPSA) is 69.3 Å². The third-order valence-corrected chi connectivity index (χ3v) is 9.11. The highest BCUT2D eigenvalue weighted by Gasteiger charge is 2.21. The largest absolute Gasteiger partial charge is 0.290 e. The van der Waals surface area contributed by atoms with Gasteiger partial charge in [-0.1, -0.05) is 42.1 Å². The van der Waals surface area contributed by atoms with E-state index in [0.29, 0.717) is 21.6 Å². The van der Waals surface area contributed by atoms with Gasteiger partial charge in [0.25, 0.3) is 11.1 Å². The highest BCUT2D eigenvalue weighted by atomic mass is 32.2. The lowest BCUT2D eigenvalue weighted by Crippen LogP contribution is -2.20. The zero-order valence-corrected chi connectivity index (χ0v) is 20.4. The number of thiophene rings is 1. The quantitative estimate of drug-likeness (QED) is 0.264. The molecule has 0 saturated carbocycles. The smallest absolute Gasteiger partial charge is 0.262 e. The normalized spacial score (nSPS) is 13.6. The van der Waals surface area contributed by atoms with Gasteiger partial charge in [-0.15, -0.1) is 22.7 Å². The van der Waals surface area contributed by atoms with Crippen molar-refractivity contribution in [2.24, 2.45) is 7.05 Å². The van der Waals surface area contributed by atoms with E-state index < -0.39 is 0 Å². The summed E-state index contributed by atoms with van der Waals surface area (Å²) in [5.74, 6) is 0.473. The SMILES string of the molecule is Cn1c(SCc2cc(=O)n3c(-c4ccccc4)csc3n2)nc2sc3c(c2c1=O)CCCC3. The molecule has 0 bridgehead atoms. The summed E-state index contributed by atoms with van der Waals surface area (Å²) in [4.78, 5) is 38.4. The van der Waals surface area contributed by atoms with E-state index in [1.165, 1.54) is 40.0 Å². The summed E-state index contributed by atoms with van der Waals surface area (Å²) in [6.45, 7) is 0. The Hall–Kier alpha value is -2.75. The number of fused-ring (bicyclic) bond motifs is 4. The summed E-state index contributed by atoms with van der Waals surface area (Å²) in [6, 6.07) is 11.4. The molecule has 0 amide bonds. The van der Waals surface area contributed by atoms with E-state index in [-0.39, 0.29) is 11.1 Å². The van der Waals surface area contributed by atoms with Crippen LogP contribution < -0.4 is 11.1 Å². The molecule has 166 valence electrons. The number of aromatic nitrogens is 4. The van der Waals surface area contributed by atoms with Gasteiger partial charge in [-0.05, 0) is 36.8 Å². The van der Waals surface area contributed by atoms with Gasteiger partial charge in [-0.2, -0.15) is 0 Å². The summed E-state index contributed by atoms with van der Waals surface area (Å²) in [6.07, 6.45) is 4.33. The molecule has 6 nitrogen and oxygen atoms in total. The second-order valence-electron chi connectivity index (χ2n) is 8.13. The summed E-state index contributed by atoms with van der Waals surface area (Å²) in [7, 11) is 1.78. The fourth-order valence-electron chi connectivity index (χ4n) is 4.38. The lowest BCUT2D eigenvalue weighted by Gasteiger charge is -2.10. The highest BCUT2D eigenvalue weighted by Crippen LogP contribution is 2.35. The van der Waals surface area contributed by atoms with Crippen molar-refractivity contribution in [1.82, 2.24) is 18.9 Å². The van der Waals surface area contributed by atoms with E-state index in [2.05, 4.69) is 0 Å². The molecule has 0 atom stereocenters. The van der Waals surface area contributed by atoms with Crippen LogP contribution in [0.4, 0.5) is 0 Å². The summed E-state index contributed by atoms with van der Waals surface area (Å²) < 4.78 is 3.29. The Morgan fingerprint density at radius 2 is 1.91 bits per heavy atom. The number of rotatable bonds is 4. The molecular formula is C24H20N4O2S3. The number of benzene rings is 1. The van der Waals surface area contributed by atoms with Gasteiger partial charge < -0.3 is 0 Å². The molecular weight excluding hydrogens is 472 g/mol. The lowest BCUT2D eigenvalue weighted by molar-refractivity contribution is 0.695. The van der Waals surface area contributed by atoms with Crippen molar-refractivity contribution in [2.45, 2.75) is 36.6 Å². The van der Waals surface area contributed by atoms with Crippen LogP contribution in [0.2, 0.25) is 0 Å². The second-order valence-corrected chi connectivity index (χ2v) is 11.0. The molecule has 9 heteroatoms. The third kappa shape index (κ3) is 3.55. The number of nitrogens with zero attached hydrogens (tertiary/aromatic N) is 4. The average molecular weight is 493 g/mol. The molecule has 0 radical (unpaired) electrons. The molecule has 0 saturated heterocycles. The summed E-state index contributed by atoms with van der Waals surface area (Å²) >= 11 is 4.56. The first kappa shape index (κ1) is 20.8. The Labute approximate surface area is 201 Å². The van der Waals surface area contributed by atoms with E-state index >= 15 is 0 Å². The maximum Gasteiger partial charge on any atom is 0.262 e. The van der Waals surface area contributed by atoms with Gasteiger partial charge in [0.1, 0.15) is 4.83 Å². The molecule has 1 aromatic carbocycles. The van der Waals surface area contributed by atoms with Crippen LogP contribution in [0.15, 0.2) is 56.5 Å². The number of thioether (sulfide) groups is 1.